The second-order valence-electron chi connectivity index (χ2n) is 7.42. The van der Waals surface area contributed by atoms with E-state index >= 15 is 0 Å². The van der Waals surface area contributed by atoms with E-state index in [1.165, 1.54) is 22.5 Å². The molecule has 0 aromatic heterocycles. The largest absolute Gasteiger partial charge is 0.373 e. The van der Waals surface area contributed by atoms with Gasteiger partial charge in [0, 0.05) is 19.0 Å². The van der Waals surface area contributed by atoms with E-state index in [0.717, 1.165) is 6.07 Å². The zero-order valence-electron chi connectivity index (χ0n) is 15.1. The zero-order valence-corrected chi connectivity index (χ0v) is 15.9. The van der Waals surface area contributed by atoms with Crippen LogP contribution in [0.3, 0.4) is 0 Å². The normalized spacial score (nSPS) is 23.5. The fourth-order valence-electron chi connectivity index (χ4n) is 3.56. The lowest BCUT2D eigenvalue weighted by Crippen LogP contribution is -2.47. The minimum Gasteiger partial charge on any atom is -0.373 e. The van der Waals surface area contributed by atoms with Gasteiger partial charge in [-0.15, -0.1) is 0 Å². The Morgan fingerprint density at radius 3 is 2.65 bits per heavy atom. The summed E-state index contributed by atoms with van der Waals surface area (Å²) in [5.74, 6) is -0.644. The minimum atomic E-state index is -3.71. The van der Waals surface area contributed by atoms with E-state index in [1.54, 1.807) is 0 Å². The first-order chi connectivity index (χ1) is 12.2. The molecule has 0 bridgehead atoms. The number of amides is 1. The molecule has 1 amide bonds. The van der Waals surface area contributed by atoms with Crippen LogP contribution in [-0.2, 0) is 19.6 Å². The summed E-state index contributed by atoms with van der Waals surface area (Å²) in [6, 6.07) is 5.05. The number of benzene rings is 1. The number of rotatable bonds is 4. The van der Waals surface area contributed by atoms with Crippen molar-refractivity contribution in [1.82, 2.24) is 9.62 Å². The van der Waals surface area contributed by atoms with Crippen molar-refractivity contribution in [3.63, 3.8) is 0 Å². The topological polar surface area (TPSA) is 75.7 Å². The summed E-state index contributed by atoms with van der Waals surface area (Å²) in [6.07, 6.45) is 1.82. The zero-order chi connectivity index (χ0) is 18.9. The molecule has 26 heavy (non-hydrogen) atoms. The maximum atomic E-state index is 13.4. The van der Waals surface area contributed by atoms with Crippen LogP contribution in [0.1, 0.15) is 33.1 Å². The van der Waals surface area contributed by atoms with Gasteiger partial charge in [0.25, 0.3) is 0 Å². The molecule has 1 spiro atoms. The molecule has 0 aliphatic carbocycles. The van der Waals surface area contributed by atoms with Crippen LogP contribution in [0.5, 0.6) is 0 Å². The maximum absolute atomic E-state index is 13.4. The van der Waals surface area contributed by atoms with Crippen molar-refractivity contribution in [2.75, 3.05) is 19.7 Å². The molecule has 2 saturated heterocycles. The van der Waals surface area contributed by atoms with Crippen LogP contribution in [0, 0.1) is 11.7 Å². The molecule has 2 aliphatic rings. The molecule has 2 fully saturated rings. The molecule has 1 unspecified atom stereocenters. The second-order valence-corrected chi connectivity index (χ2v) is 9.36. The van der Waals surface area contributed by atoms with Gasteiger partial charge in [0.1, 0.15) is 5.82 Å². The lowest BCUT2D eigenvalue weighted by molar-refractivity contribution is -0.124. The number of piperidine rings is 1. The van der Waals surface area contributed by atoms with Gasteiger partial charge in [-0.2, -0.15) is 4.31 Å². The number of hydrogen-bond donors (Lipinski definition) is 1. The number of carbonyl (C=O) groups excluding carboxylic acids is 1. The highest BCUT2D eigenvalue weighted by Crippen LogP contribution is 2.37. The van der Waals surface area contributed by atoms with Gasteiger partial charge in [-0.05, 0) is 37.5 Å². The Balaban J connectivity index is 1.62. The Kier molecular flexibility index (Phi) is 5.37. The number of carbonyl (C=O) groups is 1. The Labute approximate surface area is 153 Å². The van der Waals surface area contributed by atoms with Crippen molar-refractivity contribution in [3.05, 3.63) is 30.1 Å². The first-order valence-electron chi connectivity index (χ1n) is 8.92. The van der Waals surface area contributed by atoms with E-state index in [-0.39, 0.29) is 28.4 Å². The Morgan fingerprint density at radius 2 is 2.04 bits per heavy atom. The van der Waals surface area contributed by atoms with Gasteiger partial charge in [0.05, 0.1) is 23.1 Å². The highest BCUT2D eigenvalue weighted by atomic mass is 32.2. The molecular weight excluding hydrogens is 359 g/mol. The summed E-state index contributed by atoms with van der Waals surface area (Å²) < 4.78 is 46.1. The van der Waals surface area contributed by atoms with Gasteiger partial charge < -0.3 is 10.1 Å². The third-order valence-electron chi connectivity index (χ3n) is 5.15. The van der Waals surface area contributed by atoms with Gasteiger partial charge in [-0.1, -0.05) is 19.9 Å². The van der Waals surface area contributed by atoms with Gasteiger partial charge >= 0.3 is 0 Å². The van der Waals surface area contributed by atoms with E-state index in [1.807, 2.05) is 13.8 Å². The molecule has 1 aromatic rings. The highest BCUT2D eigenvalue weighted by Gasteiger charge is 2.45. The summed E-state index contributed by atoms with van der Waals surface area (Å²) in [4.78, 5) is 11.8. The number of nitrogens with zero attached hydrogens (tertiary/aromatic N) is 1. The van der Waals surface area contributed by atoms with Crippen LogP contribution in [-0.4, -0.2) is 50.0 Å². The van der Waals surface area contributed by atoms with Gasteiger partial charge in [0.15, 0.2) is 0 Å². The first-order valence-corrected chi connectivity index (χ1v) is 10.4. The van der Waals surface area contributed by atoms with E-state index < -0.39 is 15.8 Å². The van der Waals surface area contributed by atoms with Crippen LogP contribution in [0.15, 0.2) is 29.2 Å². The Morgan fingerprint density at radius 1 is 1.35 bits per heavy atom. The lowest BCUT2D eigenvalue weighted by Gasteiger charge is -2.38. The van der Waals surface area contributed by atoms with Crippen LogP contribution in [0.25, 0.3) is 0 Å². The highest BCUT2D eigenvalue weighted by molar-refractivity contribution is 7.89. The molecule has 1 aromatic carbocycles. The van der Waals surface area contributed by atoms with Crippen molar-refractivity contribution < 1.29 is 22.3 Å². The number of sulfonamides is 1. The van der Waals surface area contributed by atoms with E-state index in [0.29, 0.717) is 39.0 Å². The SMILES string of the molecule is CC(C)C(=O)NC1COC2(CCN(S(=O)(=O)c3cccc(F)c3)CC2)C1. The van der Waals surface area contributed by atoms with Crippen molar-refractivity contribution in [2.24, 2.45) is 5.92 Å². The fraction of sp³-hybridized carbons (Fsp3) is 0.611. The summed E-state index contributed by atoms with van der Waals surface area (Å²) in [6.45, 7) is 4.79. The standard InChI is InChI=1S/C18H25FN2O4S/c1-13(2)17(22)20-15-11-18(25-12-15)6-8-21(9-7-18)26(23,24)16-5-3-4-14(19)10-16/h3-5,10,13,15H,6-9,11-12H2,1-2H3,(H,20,22). The molecule has 1 atom stereocenters. The Hall–Kier alpha value is -1.51. The number of halogens is 1. The summed E-state index contributed by atoms with van der Waals surface area (Å²) in [5, 5.41) is 2.99. The number of ether oxygens (including phenoxy) is 1. The fourth-order valence-corrected chi connectivity index (χ4v) is 5.04. The van der Waals surface area contributed by atoms with Crippen molar-refractivity contribution in [2.45, 2.75) is 49.6 Å². The molecule has 0 radical (unpaired) electrons. The van der Waals surface area contributed by atoms with Crippen molar-refractivity contribution in [3.8, 4) is 0 Å². The van der Waals surface area contributed by atoms with Crippen molar-refractivity contribution >= 4 is 15.9 Å². The molecule has 0 saturated carbocycles. The smallest absolute Gasteiger partial charge is 0.243 e. The number of hydrogen-bond acceptors (Lipinski definition) is 4. The molecule has 3 rings (SSSR count). The molecule has 2 aliphatic heterocycles. The van der Waals surface area contributed by atoms with Gasteiger partial charge in [-0.25, -0.2) is 12.8 Å². The molecule has 6 nitrogen and oxygen atoms in total. The van der Waals surface area contributed by atoms with Gasteiger partial charge in [0.2, 0.25) is 15.9 Å². The second kappa shape index (κ2) is 7.25. The molecule has 1 N–H and O–H groups in total. The summed E-state index contributed by atoms with van der Waals surface area (Å²) >= 11 is 0. The monoisotopic (exact) mass is 384 g/mol. The van der Waals surface area contributed by atoms with Crippen LogP contribution < -0.4 is 5.32 Å². The van der Waals surface area contributed by atoms with E-state index in [4.69, 9.17) is 4.74 Å². The predicted molar refractivity (Wildman–Crippen MR) is 94.5 cm³/mol. The van der Waals surface area contributed by atoms with E-state index in [2.05, 4.69) is 5.32 Å². The average Bonchev–Trinajstić information content (AvgIpc) is 2.97. The average molecular weight is 384 g/mol. The molecule has 144 valence electrons. The number of nitrogens with one attached hydrogen (secondary N) is 1. The maximum Gasteiger partial charge on any atom is 0.243 e. The molecule has 2 heterocycles. The van der Waals surface area contributed by atoms with Crippen molar-refractivity contribution in [1.29, 1.82) is 0 Å². The summed E-state index contributed by atoms with van der Waals surface area (Å²) in [7, 11) is -3.71. The molecule has 8 heteroatoms. The van der Waals surface area contributed by atoms with Crippen LogP contribution in [0.4, 0.5) is 4.39 Å². The third-order valence-corrected chi connectivity index (χ3v) is 7.04. The Bertz CT molecular complexity index is 773. The lowest BCUT2D eigenvalue weighted by atomic mass is 9.88. The van der Waals surface area contributed by atoms with E-state index in [9.17, 15) is 17.6 Å². The van der Waals surface area contributed by atoms with Gasteiger partial charge in [-0.3, -0.25) is 4.79 Å². The molecular formula is C18H25FN2O4S. The predicted octanol–water partition coefficient (Wildman–Crippen LogP) is 1.91. The quantitative estimate of drug-likeness (QED) is 0.860. The minimum absolute atomic E-state index is 0.00164. The van der Waals surface area contributed by atoms with Crippen LogP contribution in [0.2, 0.25) is 0 Å². The third kappa shape index (κ3) is 3.92. The first kappa shape index (κ1) is 19.3. The summed E-state index contributed by atoms with van der Waals surface area (Å²) in [5.41, 5.74) is -0.386. The van der Waals surface area contributed by atoms with Crippen LogP contribution >= 0.6 is 0 Å².